The molecule has 2 N–H and O–H groups in total. The average Bonchev–Trinajstić information content (AvgIpc) is 3.11. The van der Waals surface area contributed by atoms with Crippen LogP contribution in [0.25, 0.3) is 11.4 Å². The van der Waals surface area contributed by atoms with E-state index in [-0.39, 0.29) is 6.03 Å². The van der Waals surface area contributed by atoms with Crippen LogP contribution in [0.4, 0.5) is 10.5 Å². The Kier molecular flexibility index (Phi) is 5.86. The Morgan fingerprint density at radius 1 is 1.19 bits per heavy atom. The van der Waals surface area contributed by atoms with Gasteiger partial charge < -0.3 is 15.2 Å². The Bertz CT molecular complexity index is 877. The maximum absolute atomic E-state index is 11.8. The number of urea groups is 1. The fourth-order valence-corrected chi connectivity index (χ4v) is 2.50. The second-order valence-electron chi connectivity index (χ2n) is 5.78. The van der Waals surface area contributed by atoms with E-state index in [0.717, 1.165) is 17.5 Å². The fourth-order valence-electron chi connectivity index (χ4n) is 2.37. The molecule has 0 fully saturated rings. The van der Waals surface area contributed by atoms with Crippen LogP contribution < -0.4 is 10.6 Å². The second kappa shape index (κ2) is 8.49. The fraction of sp³-hybridized carbons (Fsp3) is 0.211. The standard InChI is InChI=1S/C19H19ClN4O2/c1-2-10-21-19(25)22-16-5-3-4-14(12-16)18-23-17(26-24-18)11-13-6-8-15(20)9-7-13/h3-9,12H,2,10-11H2,1H3,(H2,21,22,25). The molecule has 6 nitrogen and oxygen atoms in total. The minimum atomic E-state index is -0.236. The van der Waals surface area contributed by atoms with Crippen molar-refractivity contribution in [2.75, 3.05) is 11.9 Å². The zero-order chi connectivity index (χ0) is 18.4. The van der Waals surface area contributed by atoms with E-state index in [1.54, 1.807) is 0 Å². The molecule has 3 rings (SSSR count). The molecule has 0 spiro atoms. The highest BCUT2D eigenvalue weighted by Crippen LogP contribution is 2.21. The van der Waals surface area contributed by atoms with Crippen molar-refractivity contribution in [1.29, 1.82) is 0 Å². The zero-order valence-corrected chi connectivity index (χ0v) is 15.1. The van der Waals surface area contributed by atoms with Crippen LogP contribution >= 0.6 is 11.6 Å². The van der Waals surface area contributed by atoms with Gasteiger partial charge in [-0.1, -0.05) is 47.9 Å². The summed E-state index contributed by atoms with van der Waals surface area (Å²) in [5.74, 6) is 0.993. The largest absolute Gasteiger partial charge is 0.339 e. The van der Waals surface area contributed by atoms with E-state index in [1.165, 1.54) is 0 Å². The molecule has 7 heteroatoms. The number of rotatable bonds is 6. The highest BCUT2D eigenvalue weighted by molar-refractivity contribution is 6.30. The molecular weight excluding hydrogens is 352 g/mol. The Balaban J connectivity index is 1.69. The lowest BCUT2D eigenvalue weighted by Gasteiger charge is -2.07. The van der Waals surface area contributed by atoms with Gasteiger partial charge in [0, 0.05) is 22.8 Å². The summed E-state index contributed by atoms with van der Waals surface area (Å²) < 4.78 is 5.33. The first kappa shape index (κ1) is 17.9. The number of benzene rings is 2. The first-order valence-electron chi connectivity index (χ1n) is 8.36. The zero-order valence-electron chi connectivity index (χ0n) is 14.3. The topological polar surface area (TPSA) is 80.0 Å². The molecule has 2 amide bonds. The summed E-state index contributed by atoms with van der Waals surface area (Å²) in [5.41, 5.74) is 2.47. The lowest BCUT2D eigenvalue weighted by molar-refractivity contribution is 0.252. The molecule has 1 aromatic heterocycles. The highest BCUT2D eigenvalue weighted by Gasteiger charge is 2.10. The molecule has 0 aliphatic heterocycles. The predicted molar refractivity (Wildman–Crippen MR) is 101 cm³/mol. The molecular formula is C19H19ClN4O2. The van der Waals surface area contributed by atoms with Crippen molar-refractivity contribution in [3.8, 4) is 11.4 Å². The van der Waals surface area contributed by atoms with Crippen molar-refractivity contribution < 1.29 is 9.32 Å². The minimum Gasteiger partial charge on any atom is -0.339 e. The smallest absolute Gasteiger partial charge is 0.319 e. The van der Waals surface area contributed by atoms with E-state index < -0.39 is 0 Å². The van der Waals surface area contributed by atoms with Gasteiger partial charge in [0.2, 0.25) is 11.7 Å². The van der Waals surface area contributed by atoms with Crippen LogP contribution in [0.3, 0.4) is 0 Å². The number of carbonyl (C=O) groups is 1. The van der Waals surface area contributed by atoms with Gasteiger partial charge in [0.15, 0.2) is 0 Å². The van der Waals surface area contributed by atoms with Gasteiger partial charge in [0.1, 0.15) is 0 Å². The quantitative estimate of drug-likeness (QED) is 0.668. The van der Waals surface area contributed by atoms with Gasteiger partial charge in [0.05, 0.1) is 6.42 Å². The number of anilines is 1. The summed E-state index contributed by atoms with van der Waals surface area (Å²) in [6, 6.07) is 14.6. The van der Waals surface area contributed by atoms with Crippen LogP contribution in [0.15, 0.2) is 53.1 Å². The number of halogens is 1. The summed E-state index contributed by atoms with van der Waals surface area (Å²) in [6.07, 6.45) is 1.41. The van der Waals surface area contributed by atoms with Crippen molar-refractivity contribution in [1.82, 2.24) is 15.5 Å². The first-order chi connectivity index (χ1) is 12.6. The first-order valence-corrected chi connectivity index (χ1v) is 8.74. The molecule has 0 atom stereocenters. The van der Waals surface area contributed by atoms with E-state index >= 15 is 0 Å². The Morgan fingerprint density at radius 3 is 2.77 bits per heavy atom. The number of nitrogens with one attached hydrogen (secondary N) is 2. The maximum atomic E-state index is 11.8. The van der Waals surface area contributed by atoms with Gasteiger partial charge in [-0.05, 0) is 36.2 Å². The van der Waals surface area contributed by atoms with Crippen LogP contribution in [0, 0.1) is 0 Å². The molecule has 0 saturated heterocycles. The van der Waals surface area contributed by atoms with Crippen LogP contribution in [0.1, 0.15) is 24.8 Å². The average molecular weight is 371 g/mol. The molecule has 0 bridgehead atoms. The molecule has 3 aromatic rings. The number of hydrogen-bond donors (Lipinski definition) is 2. The van der Waals surface area contributed by atoms with Gasteiger partial charge in [0.25, 0.3) is 0 Å². The second-order valence-corrected chi connectivity index (χ2v) is 6.21. The third-order valence-corrected chi connectivity index (χ3v) is 3.90. The van der Waals surface area contributed by atoms with E-state index in [4.69, 9.17) is 16.1 Å². The third kappa shape index (κ3) is 4.83. The summed E-state index contributed by atoms with van der Waals surface area (Å²) in [6.45, 7) is 2.63. The van der Waals surface area contributed by atoms with Crippen molar-refractivity contribution >= 4 is 23.3 Å². The molecule has 0 aliphatic carbocycles. The van der Waals surface area contributed by atoms with Crippen molar-refractivity contribution in [3.05, 3.63) is 65.0 Å². The minimum absolute atomic E-state index is 0.236. The van der Waals surface area contributed by atoms with Gasteiger partial charge >= 0.3 is 6.03 Å². The van der Waals surface area contributed by atoms with E-state index in [9.17, 15) is 4.79 Å². The molecule has 0 radical (unpaired) electrons. The van der Waals surface area contributed by atoms with Gasteiger partial charge in [-0.3, -0.25) is 0 Å². The van der Waals surface area contributed by atoms with Gasteiger partial charge in [-0.15, -0.1) is 0 Å². The number of aromatic nitrogens is 2. The summed E-state index contributed by atoms with van der Waals surface area (Å²) in [4.78, 5) is 16.2. The lowest BCUT2D eigenvalue weighted by atomic mass is 10.1. The van der Waals surface area contributed by atoms with Crippen molar-refractivity contribution in [3.63, 3.8) is 0 Å². The molecule has 26 heavy (non-hydrogen) atoms. The predicted octanol–water partition coefficient (Wildman–Crippen LogP) is 4.51. The molecule has 2 aromatic carbocycles. The van der Waals surface area contributed by atoms with Crippen molar-refractivity contribution in [2.24, 2.45) is 0 Å². The maximum Gasteiger partial charge on any atom is 0.319 e. The monoisotopic (exact) mass is 370 g/mol. The number of carbonyl (C=O) groups excluding carboxylic acids is 1. The molecule has 134 valence electrons. The highest BCUT2D eigenvalue weighted by atomic mass is 35.5. The van der Waals surface area contributed by atoms with Crippen LogP contribution in [-0.4, -0.2) is 22.7 Å². The number of nitrogens with zero attached hydrogens (tertiary/aromatic N) is 2. The van der Waals surface area contributed by atoms with E-state index in [1.807, 2.05) is 55.5 Å². The molecule has 0 unspecified atom stereocenters. The molecule has 0 saturated carbocycles. The summed E-state index contributed by atoms with van der Waals surface area (Å²) in [7, 11) is 0. The Morgan fingerprint density at radius 2 is 2.00 bits per heavy atom. The molecule has 0 aliphatic rings. The Labute approximate surface area is 156 Å². The Hall–Kier alpha value is -2.86. The van der Waals surface area contributed by atoms with Crippen LogP contribution in [-0.2, 0) is 6.42 Å². The number of amides is 2. The lowest BCUT2D eigenvalue weighted by Crippen LogP contribution is -2.29. The van der Waals surface area contributed by atoms with Gasteiger partial charge in [-0.25, -0.2) is 4.79 Å². The third-order valence-electron chi connectivity index (χ3n) is 3.65. The van der Waals surface area contributed by atoms with Crippen molar-refractivity contribution in [2.45, 2.75) is 19.8 Å². The van der Waals surface area contributed by atoms with Crippen LogP contribution in [0.2, 0.25) is 5.02 Å². The summed E-state index contributed by atoms with van der Waals surface area (Å²) in [5, 5.41) is 10.3. The van der Waals surface area contributed by atoms with Gasteiger partial charge in [-0.2, -0.15) is 4.98 Å². The molecule has 1 heterocycles. The van der Waals surface area contributed by atoms with E-state index in [0.29, 0.717) is 35.4 Å². The SMILES string of the molecule is CCCNC(=O)Nc1cccc(-c2noc(Cc3ccc(Cl)cc3)n2)c1. The van der Waals surface area contributed by atoms with E-state index in [2.05, 4.69) is 20.8 Å². The van der Waals surface area contributed by atoms with Crippen LogP contribution in [0.5, 0.6) is 0 Å². The summed E-state index contributed by atoms with van der Waals surface area (Å²) >= 11 is 5.89. The number of hydrogen-bond acceptors (Lipinski definition) is 4. The normalized spacial score (nSPS) is 10.5.